The zero-order valence-electron chi connectivity index (χ0n) is 23.8. The number of ether oxygens (including phenoxy) is 3. The smallest absolute Gasteiger partial charge is 0.449 e. The van der Waals surface area contributed by atoms with Crippen molar-refractivity contribution in [1.82, 2.24) is 4.90 Å². The summed E-state index contributed by atoms with van der Waals surface area (Å²) in [6, 6.07) is 21.4. The van der Waals surface area contributed by atoms with Gasteiger partial charge in [-0.1, -0.05) is 71.7 Å². The Morgan fingerprint density at radius 3 is 1.93 bits per heavy atom. The average molecular weight is 666 g/mol. The Labute approximate surface area is 272 Å². The molecule has 1 amide bonds. The number of aryl methyl sites for hydroxylation is 1. The zero-order valence-corrected chi connectivity index (χ0v) is 25.3. The predicted molar refractivity (Wildman–Crippen MR) is 166 cm³/mol. The van der Waals surface area contributed by atoms with E-state index in [1.54, 1.807) is 18.2 Å². The van der Waals surface area contributed by atoms with E-state index in [4.69, 9.17) is 37.8 Å². The number of halogens is 2. The summed E-state index contributed by atoms with van der Waals surface area (Å²) in [6.07, 6.45) is -3.31. The van der Waals surface area contributed by atoms with Gasteiger partial charge in [-0.15, -0.1) is 0 Å². The van der Waals surface area contributed by atoms with Crippen molar-refractivity contribution in [2.45, 2.75) is 31.8 Å². The first-order chi connectivity index (χ1) is 22.0. The number of carboxylic acid groups (broad SMARTS) is 3. The highest BCUT2D eigenvalue weighted by molar-refractivity contribution is 6.35. The fourth-order valence-corrected chi connectivity index (χ4v) is 6.01. The number of rotatable bonds is 8. The first kappa shape index (κ1) is 32.1. The molecule has 0 saturated heterocycles. The van der Waals surface area contributed by atoms with Crippen molar-refractivity contribution in [2.24, 2.45) is 0 Å². The largest absolute Gasteiger partial charge is 0.511 e. The lowest BCUT2D eigenvalue weighted by molar-refractivity contribution is 0.0633. The molecule has 13 heteroatoms. The van der Waals surface area contributed by atoms with Gasteiger partial charge < -0.3 is 34.4 Å². The van der Waals surface area contributed by atoms with E-state index in [0.29, 0.717) is 16.5 Å². The van der Waals surface area contributed by atoms with Crippen LogP contribution in [-0.2, 0) is 13.0 Å². The molecule has 4 aromatic carbocycles. The second-order valence-electron chi connectivity index (χ2n) is 10.3. The van der Waals surface area contributed by atoms with Gasteiger partial charge in [0.2, 0.25) is 0 Å². The summed E-state index contributed by atoms with van der Waals surface area (Å²) in [6.45, 7) is 0.0590. The van der Waals surface area contributed by atoms with Gasteiger partial charge in [0.1, 0.15) is 0 Å². The van der Waals surface area contributed by atoms with Gasteiger partial charge in [-0.05, 0) is 65.3 Å². The van der Waals surface area contributed by atoms with Gasteiger partial charge in [-0.3, -0.25) is 4.79 Å². The Hall–Kier alpha value is -5.26. The van der Waals surface area contributed by atoms with Gasteiger partial charge in [0, 0.05) is 28.7 Å². The van der Waals surface area contributed by atoms with E-state index in [0.717, 1.165) is 52.8 Å². The molecule has 3 N–H and O–H groups in total. The highest BCUT2D eigenvalue weighted by Crippen LogP contribution is 2.40. The Morgan fingerprint density at radius 2 is 1.30 bits per heavy atom. The van der Waals surface area contributed by atoms with Crippen LogP contribution in [0.1, 0.15) is 45.9 Å². The molecule has 1 aliphatic carbocycles. The normalized spacial score (nSPS) is 13.7. The maximum Gasteiger partial charge on any atom is 0.511 e. The van der Waals surface area contributed by atoms with Crippen molar-refractivity contribution in [3.05, 3.63) is 111 Å². The second kappa shape index (κ2) is 13.8. The van der Waals surface area contributed by atoms with Crippen LogP contribution in [0.5, 0.6) is 17.2 Å². The molecule has 11 nitrogen and oxygen atoms in total. The minimum atomic E-state index is -1.83. The van der Waals surface area contributed by atoms with Crippen molar-refractivity contribution in [1.29, 1.82) is 0 Å². The Balaban J connectivity index is 1.60. The molecule has 0 radical (unpaired) electrons. The van der Waals surface area contributed by atoms with Crippen LogP contribution in [0.4, 0.5) is 14.4 Å². The summed E-state index contributed by atoms with van der Waals surface area (Å²) < 4.78 is 14.2. The number of hydrogen-bond acceptors (Lipinski definition) is 7. The van der Waals surface area contributed by atoms with Gasteiger partial charge in [-0.2, -0.15) is 0 Å². The molecule has 46 heavy (non-hydrogen) atoms. The standard InChI is InChI=1S/C33H25Cl2NO10/c34-22-12-21(13-23(35)14-22)19-10-8-18(9-11-19)17-36(26-7-3-5-20-4-1-2-6-24(20)26)30(37)25-15-28(45-32(40)41)29(46-33(42)43)16-27(25)44-31(38)39/h1-2,4,6,8-16,26H,3,5,7,17H2,(H,38,39)(H,40,41)(H,42,43)/t26-/m0/s1. The molecule has 0 bridgehead atoms. The maximum absolute atomic E-state index is 14.5. The van der Waals surface area contributed by atoms with Crippen LogP contribution in [0, 0.1) is 0 Å². The Morgan fingerprint density at radius 1 is 0.717 bits per heavy atom. The maximum atomic E-state index is 14.5. The van der Waals surface area contributed by atoms with E-state index < -0.39 is 47.7 Å². The van der Waals surface area contributed by atoms with Crippen molar-refractivity contribution >= 4 is 47.6 Å². The summed E-state index contributed by atoms with van der Waals surface area (Å²) in [7, 11) is 0. The SMILES string of the molecule is O=C(O)Oc1cc(OC(=O)O)c(C(=O)N(Cc2ccc(-c3cc(Cl)cc(Cl)c3)cc2)[C@H]2CCCc3ccccc32)cc1OC(=O)O. The molecule has 4 aromatic rings. The lowest BCUT2D eigenvalue weighted by Gasteiger charge is -2.36. The van der Waals surface area contributed by atoms with Crippen LogP contribution >= 0.6 is 23.2 Å². The minimum Gasteiger partial charge on any atom is -0.449 e. The van der Waals surface area contributed by atoms with E-state index in [2.05, 4.69) is 4.74 Å². The van der Waals surface area contributed by atoms with Crippen LogP contribution in [-0.4, -0.2) is 44.6 Å². The highest BCUT2D eigenvalue weighted by Gasteiger charge is 2.33. The van der Waals surface area contributed by atoms with Crippen molar-refractivity contribution < 1.29 is 48.7 Å². The van der Waals surface area contributed by atoms with Crippen molar-refractivity contribution in [3.63, 3.8) is 0 Å². The summed E-state index contributed by atoms with van der Waals surface area (Å²) in [4.78, 5) is 50.3. The topological polar surface area (TPSA) is 160 Å². The lowest BCUT2D eigenvalue weighted by Crippen LogP contribution is -2.36. The lowest BCUT2D eigenvalue weighted by atomic mass is 9.86. The van der Waals surface area contributed by atoms with E-state index in [1.807, 2.05) is 48.5 Å². The molecule has 5 rings (SSSR count). The first-order valence-corrected chi connectivity index (χ1v) is 14.6. The molecule has 0 spiro atoms. The van der Waals surface area contributed by atoms with Crippen molar-refractivity contribution in [3.8, 4) is 28.4 Å². The summed E-state index contributed by atoms with van der Waals surface area (Å²) in [5.74, 6) is -2.63. The molecule has 236 valence electrons. The van der Waals surface area contributed by atoms with E-state index >= 15 is 0 Å². The van der Waals surface area contributed by atoms with Crippen molar-refractivity contribution in [2.75, 3.05) is 0 Å². The summed E-state index contributed by atoms with van der Waals surface area (Å²) >= 11 is 12.4. The fourth-order valence-electron chi connectivity index (χ4n) is 5.48. The Bertz CT molecular complexity index is 1810. The molecule has 0 fully saturated rings. The van der Waals surface area contributed by atoms with E-state index in [-0.39, 0.29) is 12.1 Å². The number of carbonyl (C=O) groups excluding carboxylic acids is 1. The van der Waals surface area contributed by atoms with Crippen LogP contribution in [0.2, 0.25) is 10.0 Å². The number of amides is 1. The number of fused-ring (bicyclic) bond motifs is 1. The van der Waals surface area contributed by atoms with Gasteiger partial charge in [-0.25, -0.2) is 14.4 Å². The monoisotopic (exact) mass is 665 g/mol. The molecule has 0 aliphatic heterocycles. The molecule has 1 atom stereocenters. The highest BCUT2D eigenvalue weighted by atomic mass is 35.5. The fraction of sp³-hybridized carbons (Fsp3) is 0.152. The van der Waals surface area contributed by atoms with Gasteiger partial charge >= 0.3 is 18.5 Å². The van der Waals surface area contributed by atoms with Crippen LogP contribution < -0.4 is 14.2 Å². The average Bonchev–Trinajstić information content (AvgIpc) is 2.99. The van der Waals surface area contributed by atoms with Gasteiger partial charge in [0.15, 0.2) is 17.2 Å². The molecule has 0 heterocycles. The number of benzene rings is 4. The second-order valence-corrected chi connectivity index (χ2v) is 11.2. The van der Waals surface area contributed by atoms with Gasteiger partial charge in [0.05, 0.1) is 11.6 Å². The third kappa shape index (κ3) is 7.51. The summed E-state index contributed by atoms with van der Waals surface area (Å²) in [5.41, 5.74) is 3.91. The summed E-state index contributed by atoms with van der Waals surface area (Å²) in [5, 5.41) is 28.8. The number of nitrogens with zero attached hydrogens (tertiary/aromatic N) is 1. The minimum absolute atomic E-state index is 0.0590. The molecule has 0 unspecified atom stereocenters. The molecular formula is C33H25Cl2NO10. The van der Waals surface area contributed by atoms with Crippen LogP contribution in [0.15, 0.2) is 78.9 Å². The van der Waals surface area contributed by atoms with Crippen LogP contribution in [0.3, 0.4) is 0 Å². The molecular weight excluding hydrogens is 641 g/mol. The quantitative estimate of drug-likeness (QED) is 0.123. The Kier molecular flexibility index (Phi) is 9.64. The molecule has 0 aromatic heterocycles. The molecule has 0 saturated carbocycles. The third-order valence-electron chi connectivity index (χ3n) is 7.35. The molecule has 1 aliphatic rings. The third-order valence-corrected chi connectivity index (χ3v) is 7.78. The number of carbonyl (C=O) groups is 4. The predicted octanol–water partition coefficient (Wildman–Crippen LogP) is 8.55. The van der Waals surface area contributed by atoms with E-state index in [1.165, 1.54) is 4.90 Å². The zero-order chi connectivity index (χ0) is 33.0. The van der Waals surface area contributed by atoms with E-state index in [9.17, 15) is 29.4 Å². The van der Waals surface area contributed by atoms with Crippen LogP contribution in [0.25, 0.3) is 11.1 Å². The number of hydrogen-bond donors (Lipinski definition) is 3. The van der Waals surface area contributed by atoms with Gasteiger partial charge in [0.25, 0.3) is 5.91 Å². The first-order valence-electron chi connectivity index (χ1n) is 13.8.